The summed E-state index contributed by atoms with van der Waals surface area (Å²) < 4.78 is 23.2. The number of anilines is 1. The zero-order chi connectivity index (χ0) is 21.0. The summed E-state index contributed by atoms with van der Waals surface area (Å²) >= 11 is 6.51. The van der Waals surface area contributed by atoms with Gasteiger partial charge in [-0.15, -0.1) is 0 Å². The lowest BCUT2D eigenvalue weighted by Gasteiger charge is -2.23. The van der Waals surface area contributed by atoms with Crippen LogP contribution in [0.4, 0.5) is 5.69 Å². The molecule has 5 nitrogen and oxygen atoms in total. The quantitative estimate of drug-likeness (QED) is 0.694. The van der Waals surface area contributed by atoms with Crippen molar-refractivity contribution in [1.29, 1.82) is 0 Å². The Morgan fingerprint density at radius 1 is 0.931 bits per heavy atom. The van der Waals surface area contributed by atoms with Crippen LogP contribution in [0, 0.1) is 0 Å². The third kappa shape index (κ3) is 6.19. The first-order chi connectivity index (χ1) is 13.7. The van der Waals surface area contributed by atoms with Gasteiger partial charge < -0.3 is 4.90 Å². The minimum atomic E-state index is -3.14. The van der Waals surface area contributed by atoms with Crippen LogP contribution in [0.3, 0.4) is 0 Å². The lowest BCUT2D eigenvalue weighted by Crippen LogP contribution is -2.30. The number of hydrogen-bond acceptors (Lipinski definition) is 5. The van der Waals surface area contributed by atoms with Crippen molar-refractivity contribution in [2.45, 2.75) is 24.4 Å². The number of benzene rings is 2. The Balaban J connectivity index is 1.56. The molecule has 2 aromatic carbocycles. The van der Waals surface area contributed by atoms with Gasteiger partial charge in [-0.3, -0.25) is 9.80 Å². The van der Waals surface area contributed by atoms with Crippen LogP contribution in [-0.2, 0) is 22.9 Å². The van der Waals surface area contributed by atoms with Gasteiger partial charge in [0.1, 0.15) is 0 Å². The Morgan fingerprint density at radius 2 is 1.55 bits per heavy atom. The molecule has 0 aromatic heterocycles. The van der Waals surface area contributed by atoms with Crippen LogP contribution in [0.5, 0.6) is 0 Å². The van der Waals surface area contributed by atoms with Gasteiger partial charge in [0, 0.05) is 57.2 Å². The number of hydrogen-bond donors (Lipinski definition) is 0. The third-order valence-corrected chi connectivity index (χ3v) is 6.87. The molecule has 0 saturated carbocycles. The molecule has 158 valence electrons. The molecule has 0 N–H and O–H groups in total. The maximum Gasteiger partial charge on any atom is 0.175 e. The molecule has 1 heterocycles. The number of halogens is 1. The Hall–Kier alpha value is -1.60. The van der Waals surface area contributed by atoms with Crippen molar-refractivity contribution < 1.29 is 8.42 Å². The molecule has 29 heavy (non-hydrogen) atoms. The molecule has 0 unspecified atom stereocenters. The molecule has 1 saturated heterocycles. The van der Waals surface area contributed by atoms with Gasteiger partial charge in [-0.05, 0) is 54.9 Å². The van der Waals surface area contributed by atoms with Gasteiger partial charge in [-0.25, -0.2) is 8.42 Å². The van der Waals surface area contributed by atoms with E-state index < -0.39 is 9.84 Å². The van der Waals surface area contributed by atoms with E-state index in [0.29, 0.717) is 4.90 Å². The van der Waals surface area contributed by atoms with Gasteiger partial charge in [-0.2, -0.15) is 0 Å². The lowest BCUT2D eigenvalue weighted by atomic mass is 10.2. The van der Waals surface area contributed by atoms with Crippen LogP contribution in [0.1, 0.15) is 17.5 Å². The zero-order valence-electron chi connectivity index (χ0n) is 17.4. The van der Waals surface area contributed by atoms with Gasteiger partial charge in [-0.1, -0.05) is 29.8 Å². The second kappa shape index (κ2) is 9.47. The van der Waals surface area contributed by atoms with E-state index in [2.05, 4.69) is 26.8 Å². The van der Waals surface area contributed by atoms with Crippen molar-refractivity contribution in [3.8, 4) is 0 Å². The van der Waals surface area contributed by atoms with Gasteiger partial charge in [0.15, 0.2) is 9.84 Å². The molecule has 1 aliphatic rings. The van der Waals surface area contributed by atoms with E-state index in [4.69, 9.17) is 11.6 Å². The zero-order valence-corrected chi connectivity index (χ0v) is 19.0. The Labute approximate surface area is 179 Å². The molecule has 0 bridgehead atoms. The first kappa shape index (κ1) is 22.1. The molecule has 0 radical (unpaired) electrons. The summed E-state index contributed by atoms with van der Waals surface area (Å²) in [7, 11) is 0.894. The molecule has 0 amide bonds. The predicted molar refractivity (Wildman–Crippen MR) is 121 cm³/mol. The molecule has 3 rings (SSSR count). The second-order valence-electron chi connectivity index (χ2n) is 7.99. The standard InChI is InChI=1S/C22H30ClN3O2S/c1-24(2)20-8-7-19(22(23)15-20)17-26-12-4-11-25(13-14-26)16-18-5-9-21(10-6-18)29(3,27)28/h5-10,15H,4,11-14,16-17H2,1-3H3. The van der Waals surface area contributed by atoms with Crippen LogP contribution < -0.4 is 4.90 Å². The van der Waals surface area contributed by atoms with Gasteiger partial charge >= 0.3 is 0 Å². The number of rotatable bonds is 6. The fourth-order valence-corrected chi connectivity index (χ4v) is 4.49. The topological polar surface area (TPSA) is 43.9 Å². The minimum absolute atomic E-state index is 0.375. The summed E-state index contributed by atoms with van der Waals surface area (Å²) in [5.74, 6) is 0. The fourth-order valence-electron chi connectivity index (χ4n) is 3.62. The van der Waals surface area contributed by atoms with E-state index in [0.717, 1.165) is 62.0 Å². The lowest BCUT2D eigenvalue weighted by molar-refractivity contribution is 0.247. The van der Waals surface area contributed by atoms with Crippen LogP contribution in [0.25, 0.3) is 0 Å². The van der Waals surface area contributed by atoms with Crippen LogP contribution >= 0.6 is 11.6 Å². The monoisotopic (exact) mass is 435 g/mol. The van der Waals surface area contributed by atoms with Crippen LogP contribution in [0.2, 0.25) is 5.02 Å². The Morgan fingerprint density at radius 3 is 2.10 bits per heavy atom. The van der Waals surface area contributed by atoms with Crippen molar-refractivity contribution in [3.05, 3.63) is 58.6 Å². The molecule has 0 spiro atoms. The molecule has 1 aliphatic heterocycles. The third-order valence-electron chi connectivity index (χ3n) is 5.39. The smallest absolute Gasteiger partial charge is 0.175 e. The molecular weight excluding hydrogens is 406 g/mol. The normalized spacial score (nSPS) is 16.6. The van der Waals surface area contributed by atoms with Crippen molar-refractivity contribution >= 4 is 27.1 Å². The van der Waals surface area contributed by atoms with Crippen molar-refractivity contribution in [2.75, 3.05) is 51.4 Å². The highest BCUT2D eigenvalue weighted by Gasteiger charge is 2.17. The van der Waals surface area contributed by atoms with Gasteiger partial charge in [0.2, 0.25) is 0 Å². The van der Waals surface area contributed by atoms with E-state index in [-0.39, 0.29) is 0 Å². The molecule has 7 heteroatoms. The first-order valence-corrected chi connectivity index (χ1v) is 12.2. The first-order valence-electron chi connectivity index (χ1n) is 9.92. The highest BCUT2D eigenvalue weighted by Crippen LogP contribution is 2.24. The molecule has 1 fully saturated rings. The summed E-state index contributed by atoms with van der Waals surface area (Å²) in [5.41, 5.74) is 3.43. The average Bonchev–Trinajstić information content (AvgIpc) is 2.88. The maximum atomic E-state index is 11.6. The van der Waals surface area contributed by atoms with E-state index in [9.17, 15) is 8.42 Å². The highest BCUT2D eigenvalue weighted by atomic mass is 35.5. The summed E-state index contributed by atoms with van der Waals surface area (Å²) in [4.78, 5) is 7.33. The van der Waals surface area contributed by atoms with Crippen molar-refractivity contribution in [3.63, 3.8) is 0 Å². The maximum absolute atomic E-state index is 11.6. The Kier molecular flexibility index (Phi) is 7.22. The summed E-state index contributed by atoms with van der Waals surface area (Å²) in [6.07, 6.45) is 2.35. The van der Waals surface area contributed by atoms with E-state index in [1.807, 2.05) is 32.3 Å². The van der Waals surface area contributed by atoms with E-state index in [1.54, 1.807) is 12.1 Å². The van der Waals surface area contributed by atoms with Crippen LogP contribution in [-0.4, -0.2) is 64.7 Å². The summed E-state index contributed by atoms with van der Waals surface area (Å²) in [6.45, 7) is 5.78. The average molecular weight is 436 g/mol. The van der Waals surface area contributed by atoms with Crippen molar-refractivity contribution in [2.24, 2.45) is 0 Å². The largest absolute Gasteiger partial charge is 0.378 e. The fraction of sp³-hybridized carbons (Fsp3) is 0.455. The Bertz CT molecular complexity index is 930. The predicted octanol–water partition coefficient (Wildman–Crippen LogP) is 3.52. The highest BCUT2D eigenvalue weighted by molar-refractivity contribution is 7.90. The van der Waals surface area contributed by atoms with E-state index in [1.165, 1.54) is 11.8 Å². The minimum Gasteiger partial charge on any atom is -0.378 e. The SMILES string of the molecule is CN(C)c1ccc(CN2CCCN(Cc3ccc(S(C)(=O)=O)cc3)CC2)c(Cl)c1. The van der Waals surface area contributed by atoms with Crippen LogP contribution in [0.15, 0.2) is 47.4 Å². The summed E-state index contributed by atoms with van der Waals surface area (Å²) in [5, 5.41) is 0.822. The second-order valence-corrected chi connectivity index (χ2v) is 10.4. The van der Waals surface area contributed by atoms with Gasteiger partial charge in [0.25, 0.3) is 0 Å². The summed E-state index contributed by atoms with van der Waals surface area (Å²) in [6, 6.07) is 13.5. The van der Waals surface area contributed by atoms with Gasteiger partial charge in [0.05, 0.1) is 4.90 Å². The number of sulfone groups is 1. The molecular formula is C22H30ClN3O2S. The van der Waals surface area contributed by atoms with Crippen molar-refractivity contribution in [1.82, 2.24) is 9.80 Å². The number of nitrogens with zero attached hydrogens (tertiary/aromatic N) is 3. The molecule has 0 aliphatic carbocycles. The molecule has 2 aromatic rings. The van der Waals surface area contributed by atoms with E-state index >= 15 is 0 Å². The molecule has 0 atom stereocenters.